The van der Waals surface area contributed by atoms with Gasteiger partial charge in [0.2, 0.25) is 0 Å². The summed E-state index contributed by atoms with van der Waals surface area (Å²) in [6.07, 6.45) is 0. The smallest absolute Gasteiger partial charge is 0.187 e. The van der Waals surface area contributed by atoms with E-state index in [1.807, 2.05) is 60.7 Å². The van der Waals surface area contributed by atoms with Crippen LogP contribution in [0.3, 0.4) is 0 Å². The van der Waals surface area contributed by atoms with Crippen LogP contribution in [0.15, 0.2) is 328 Å². The van der Waals surface area contributed by atoms with Gasteiger partial charge in [-0.2, -0.15) is 10.5 Å². The van der Waals surface area contributed by atoms with Gasteiger partial charge in [0.05, 0.1) is 51.9 Å². The van der Waals surface area contributed by atoms with Crippen molar-refractivity contribution in [3.05, 3.63) is 350 Å². The highest BCUT2D eigenvalue weighted by Gasteiger charge is 2.43. The van der Waals surface area contributed by atoms with Crippen molar-refractivity contribution in [3.8, 4) is 23.5 Å². The minimum Gasteiger partial charge on any atom is -0.310 e. The fourth-order valence-corrected chi connectivity index (χ4v) is 23.5. The minimum absolute atomic E-state index is 0.572. The predicted octanol–water partition coefficient (Wildman–Crippen LogP) is 14.4. The molecule has 0 aliphatic carbocycles. The molecule has 8 heteroatoms. The monoisotopic (exact) mass is 1170 g/mol. The van der Waals surface area contributed by atoms with E-state index in [1.165, 1.54) is 41.5 Å². The van der Waals surface area contributed by atoms with Crippen molar-refractivity contribution in [2.24, 2.45) is 0 Å². The lowest BCUT2D eigenvalue weighted by molar-refractivity contribution is 1.18. The summed E-state index contributed by atoms with van der Waals surface area (Å²) in [5.74, 6) is 0. The second kappa shape index (κ2) is 22.5. The van der Waals surface area contributed by atoms with E-state index in [9.17, 15) is 10.5 Å². The number of hydrogen-bond donors (Lipinski definition) is 0. The van der Waals surface area contributed by atoms with Gasteiger partial charge in [-0.3, -0.25) is 0 Å². The molecule has 0 saturated heterocycles. The van der Waals surface area contributed by atoms with Crippen LogP contribution in [0.5, 0.6) is 0 Å². The zero-order valence-corrected chi connectivity index (χ0v) is 50.4. The number of hydrogen-bond acceptors (Lipinski definition) is 3. The van der Waals surface area contributed by atoms with Crippen LogP contribution in [0.25, 0.3) is 59.8 Å². The van der Waals surface area contributed by atoms with Gasteiger partial charge >= 0.3 is 0 Å². The molecule has 0 spiro atoms. The molecular formula is C81H54N6Si2. The first-order valence-electron chi connectivity index (χ1n) is 29.8. The lowest BCUT2D eigenvalue weighted by Gasteiger charge is -2.34. The normalized spacial score (nSPS) is 11.6. The zero-order chi connectivity index (χ0) is 59.9. The van der Waals surface area contributed by atoms with Gasteiger partial charge in [-0.15, -0.1) is 0 Å². The standard InChI is InChI=1S/C81H54N6Si2/c1-84-60-36-42-63(43-37-60)87-79-49-45-65(53-75(79)77-55-73(47-51-81(77)87)89(69-26-14-5-15-27-69,70-28-16-6-17-29-70)71-30-18-7-19-31-71)85(61-38-32-58(56-82)33-39-61)64-44-48-78-74(52-64)76-54-72(46-50-80(76)86(78)62-40-34-59(57-83)35-41-62)88(66-20-8-2-9-21-66,67-22-10-3-11-23-67)68-24-12-4-13-25-68/h2-55H. The molecule has 2 aromatic heterocycles. The molecule has 0 amide bonds. The number of fused-ring (bicyclic) bond motifs is 6. The Bertz CT molecular complexity index is 4750. The van der Waals surface area contributed by atoms with Gasteiger partial charge in [0, 0.05) is 50.0 Å². The highest BCUT2D eigenvalue weighted by molar-refractivity contribution is 7.20. The SMILES string of the molecule is [C-]#[N+]c1ccc(-n2c3ccc(N(c4ccc(C#N)cc4)c4ccc5c(c4)c4cc([Si](c6ccccc6)(c6ccccc6)c6ccccc6)ccc4n5-c4ccc(C#N)cc4)cc3c3cc([Si](c4ccccc4)(c4ccccc4)c4ccccc4)ccc32)cc1. The summed E-state index contributed by atoms with van der Waals surface area (Å²) in [7, 11) is -5.96. The maximum absolute atomic E-state index is 10.2. The average molecular weight is 1170 g/mol. The molecule has 0 bridgehead atoms. The fourth-order valence-electron chi connectivity index (χ4n) is 13.9. The first-order chi connectivity index (χ1) is 44.0. The maximum Gasteiger partial charge on any atom is 0.187 e. The molecule has 15 rings (SSSR count). The van der Waals surface area contributed by atoms with Crippen molar-refractivity contribution in [1.82, 2.24) is 9.13 Å². The van der Waals surface area contributed by atoms with Crippen LogP contribution >= 0.6 is 0 Å². The molecule has 0 aliphatic rings. The van der Waals surface area contributed by atoms with Crippen molar-refractivity contribution < 1.29 is 0 Å². The molecule has 2 heterocycles. The number of anilines is 3. The van der Waals surface area contributed by atoms with Gasteiger partial charge in [0.15, 0.2) is 21.8 Å². The summed E-state index contributed by atoms with van der Waals surface area (Å²) in [6, 6.07) is 122. The van der Waals surface area contributed by atoms with E-state index in [2.05, 4.69) is 298 Å². The summed E-state index contributed by atoms with van der Waals surface area (Å²) in [5.41, 5.74) is 10.6. The Hall–Kier alpha value is -11.8. The summed E-state index contributed by atoms with van der Waals surface area (Å²) in [5, 5.41) is 34.7. The Morgan fingerprint density at radius 3 is 0.888 bits per heavy atom. The molecular weight excluding hydrogens is 1110 g/mol. The first kappa shape index (κ1) is 53.9. The molecule has 0 saturated carbocycles. The van der Waals surface area contributed by atoms with E-state index in [0.717, 1.165) is 72.0 Å². The van der Waals surface area contributed by atoms with Crippen LogP contribution in [-0.2, 0) is 0 Å². The second-order valence-corrected chi connectivity index (χ2v) is 30.1. The molecule has 416 valence electrons. The molecule has 89 heavy (non-hydrogen) atoms. The Morgan fingerprint density at radius 1 is 0.292 bits per heavy atom. The van der Waals surface area contributed by atoms with E-state index in [4.69, 9.17) is 6.57 Å². The van der Waals surface area contributed by atoms with Gasteiger partial charge in [-0.05, 0) is 151 Å². The van der Waals surface area contributed by atoms with Crippen molar-refractivity contribution in [2.75, 3.05) is 4.90 Å². The number of nitrogens with zero attached hydrogens (tertiary/aromatic N) is 6. The number of nitriles is 2. The largest absolute Gasteiger partial charge is 0.310 e. The Kier molecular flexibility index (Phi) is 13.6. The van der Waals surface area contributed by atoms with E-state index in [0.29, 0.717) is 16.8 Å². The predicted molar refractivity (Wildman–Crippen MR) is 373 cm³/mol. The number of benzene rings is 13. The molecule has 0 radical (unpaired) electrons. The van der Waals surface area contributed by atoms with Crippen LogP contribution < -0.4 is 46.4 Å². The second-order valence-electron chi connectivity index (χ2n) is 22.5. The van der Waals surface area contributed by atoms with Crippen LogP contribution in [0.2, 0.25) is 0 Å². The summed E-state index contributed by atoms with van der Waals surface area (Å²) in [6.45, 7) is 7.84. The molecule has 0 aliphatic heterocycles. The molecule has 0 N–H and O–H groups in total. The van der Waals surface area contributed by atoms with Crippen molar-refractivity contribution in [3.63, 3.8) is 0 Å². The van der Waals surface area contributed by atoms with E-state index in [1.54, 1.807) is 0 Å². The third-order valence-electron chi connectivity index (χ3n) is 17.9. The first-order valence-corrected chi connectivity index (χ1v) is 33.8. The number of aromatic nitrogens is 2. The Balaban J connectivity index is 1.00. The summed E-state index contributed by atoms with van der Waals surface area (Å²) >= 11 is 0. The summed E-state index contributed by atoms with van der Waals surface area (Å²) < 4.78 is 4.66. The Morgan fingerprint density at radius 2 is 0.573 bits per heavy atom. The van der Waals surface area contributed by atoms with Crippen LogP contribution in [0.1, 0.15) is 11.1 Å². The topological polar surface area (TPSA) is 65.0 Å². The molecule has 0 atom stereocenters. The van der Waals surface area contributed by atoms with Gasteiger partial charge in [0.1, 0.15) is 0 Å². The van der Waals surface area contributed by atoms with Gasteiger partial charge in [0.25, 0.3) is 0 Å². The van der Waals surface area contributed by atoms with Crippen molar-refractivity contribution in [1.29, 1.82) is 10.5 Å². The highest BCUT2D eigenvalue weighted by atomic mass is 28.3. The van der Waals surface area contributed by atoms with E-state index < -0.39 is 16.1 Å². The lowest BCUT2D eigenvalue weighted by atomic mass is 10.1. The van der Waals surface area contributed by atoms with Crippen molar-refractivity contribution in [2.45, 2.75) is 0 Å². The molecule has 15 aromatic rings. The van der Waals surface area contributed by atoms with Gasteiger partial charge < -0.3 is 14.0 Å². The van der Waals surface area contributed by atoms with Gasteiger partial charge in [-0.1, -0.05) is 218 Å². The summed E-state index contributed by atoms with van der Waals surface area (Å²) in [4.78, 5) is 6.08. The lowest BCUT2D eigenvalue weighted by Crippen LogP contribution is -2.74. The molecule has 0 unspecified atom stereocenters. The minimum atomic E-state index is -2.98. The number of rotatable bonds is 13. The fraction of sp³-hybridized carbons (Fsp3) is 0. The van der Waals surface area contributed by atoms with Crippen LogP contribution in [0.4, 0.5) is 22.7 Å². The van der Waals surface area contributed by atoms with Crippen LogP contribution in [0, 0.1) is 29.2 Å². The molecule has 6 nitrogen and oxygen atoms in total. The Labute approximate surface area is 519 Å². The maximum atomic E-state index is 10.2. The third-order valence-corrected chi connectivity index (χ3v) is 27.4. The van der Waals surface area contributed by atoms with Crippen LogP contribution in [-0.4, -0.2) is 25.3 Å². The van der Waals surface area contributed by atoms with E-state index >= 15 is 0 Å². The third kappa shape index (κ3) is 8.97. The van der Waals surface area contributed by atoms with E-state index in [-0.39, 0.29) is 0 Å². The molecule has 13 aromatic carbocycles. The molecule has 0 fully saturated rings. The average Bonchev–Trinajstić information content (AvgIpc) is 1.70. The highest BCUT2D eigenvalue weighted by Crippen LogP contribution is 2.43. The van der Waals surface area contributed by atoms with Crippen molar-refractivity contribution >= 4 is 124 Å². The van der Waals surface area contributed by atoms with Gasteiger partial charge in [-0.25, -0.2) is 4.85 Å². The quantitative estimate of drug-likeness (QED) is 0.0656. The zero-order valence-electron chi connectivity index (χ0n) is 48.4.